The lowest BCUT2D eigenvalue weighted by Crippen LogP contribution is -2.06. The Morgan fingerprint density at radius 3 is 2.53 bits per heavy atom. The van der Waals surface area contributed by atoms with E-state index in [1.807, 2.05) is 0 Å². The molecule has 0 saturated heterocycles. The first-order valence-electron chi connectivity index (χ1n) is 3.88. The predicted molar refractivity (Wildman–Crippen MR) is 51.8 cm³/mol. The van der Waals surface area contributed by atoms with E-state index in [9.17, 15) is 13.2 Å². The minimum absolute atomic E-state index is 0.115. The third-order valence-corrected chi connectivity index (χ3v) is 2.71. The Morgan fingerprint density at radius 1 is 1.53 bits per heavy atom. The lowest BCUT2D eigenvalue weighted by atomic mass is 10.3. The summed E-state index contributed by atoms with van der Waals surface area (Å²) < 4.78 is 36.6. The number of thioether (sulfide) groups is 1. The first kappa shape index (κ1) is 12.6. The Morgan fingerprint density at radius 2 is 2.13 bits per heavy atom. The minimum atomic E-state index is -4.45. The highest BCUT2D eigenvalue weighted by Gasteiger charge is 2.31. The van der Waals surface area contributed by atoms with Crippen molar-refractivity contribution in [2.24, 2.45) is 0 Å². The van der Waals surface area contributed by atoms with Gasteiger partial charge in [-0.3, -0.25) is 0 Å². The van der Waals surface area contributed by atoms with E-state index in [0.717, 1.165) is 17.8 Å². The second-order valence-corrected chi connectivity index (χ2v) is 4.44. The Labute approximate surface area is 93.5 Å². The van der Waals surface area contributed by atoms with Crippen LogP contribution in [0.15, 0.2) is 17.3 Å². The normalized spacial score (nSPS) is 14.0. The van der Waals surface area contributed by atoms with E-state index in [1.54, 1.807) is 0 Å². The van der Waals surface area contributed by atoms with Crippen LogP contribution in [-0.2, 0) is 6.18 Å². The summed E-state index contributed by atoms with van der Waals surface area (Å²) in [4.78, 5) is 3.54. The molecule has 84 valence electrons. The van der Waals surface area contributed by atoms with Gasteiger partial charge in [-0.05, 0) is 13.0 Å². The number of halogens is 4. The van der Waals surface area contributed by atoms with Crippen LogP contribution in [-0.4, -0.2) is 15.5 Å². The number of alkyl halides is 3. The van der Waals surface area contributed by atoms with Crippen LogP contribution in [0.25, 0.3) is 0 Å². The van der Waals surface area contributed by atoms with Gasteiger partial charge in [-0.2, -0.15) is 13.2 Å². The van der Waals surface area contributed by atoms with E-state index in [2.05, 4.69) is 4.98 Å². The first-order chi connectivity index (χ1) is 6.80. The molecule has 0 radical (unpaired) electrons. The van der Waals surface area contributed by atoms with Crippen LogP contribution < -0.4 is 0 Å². The zero-order valence-electron chi connectivity index (χ0n) is 7.55. The van der Waals surface area contributed by atoms with Gasteiger partial charge in [-0.1, -0.05) is 23.4 Å². The predicted octanol–water partition coefficient (Wildman–Crippen LogP) is 3.18. The molecule has 7 heteroatoms. The van der Waals surface area contributed by atoms with Crippen LogP contribution in [0.4, 0.5) is 13.2 Å². The number of aromatic nitrogens is 1. The highest BCUT2D eigenvalue weighted by molar-refractivity contribution is 7.99. The summed E-state index contributed by atoms with van der Waals surface area (Å²) in [6.45, 7) is 1.47. The van der Waals surface area contributed by atoms with Crippen LogP contribution >= 0.6 is 23.4 Å². The molecule has 0 spiro atoms. The van der Waals surface area contributed by atoms with Crippen molar-refractivity contribution in [2.75, 3.05) is 0 Å². The van der Waals surface area contributed by atoms with Gasteiger partial charge in [0.1, 0.15) is 10.5 Å². The molecule has 1 rings (SSSR count). The lowest BCUT2D eigenvalue weighted by molar-refractivity contribution is -0.137. The second kappa shape index (κ2) is 4.59. The Hall–Kier alpha value is -0.460. The van der Waals surface area contributed by atoms with Crippen molar-refractivity contribution in [3.05, 3.63) is 22.8 Å². The molecule has 1 unspecified atom stereocenters. The molecule has 0 fully saturated rings. The van der Waals surface area contributed by atoms with Gasteiger partial charge in [0.05, 0.1) is 10.6 Å². The molecule has 0 bridgehead atoms. The molecule has 1 atom stereocenters. The number of pyridine rings is 1. The van der Waals surface area contributed by atoms with E-state index in [-0.39, 0.29) is 10.0 Å². The van der Waals surface area contributed by atoms with Crippen LogP contribution in [0.5, 0.6) is 0 Å². The molecule has 0 saturated carbocycles. The highest BCUT2D eigenvalue weighted by atomic mass is 35.5. The van der Waals surface area contributed by atoms with Crippen LogP contribution in [0.3, 0.4) is 0 Å². The number of rotatable bonds is 2. The fourth-order valence-electron chi connectivity index (χ4n) is 0.829. The number of aliphatic hydroxyl groups excluding tert-OH is 1. The van der Waals surface area contributed by atoms with Crippen molar-refractivity contribution in [2.45, 2.75) is 23.6 Å². The molecule has 0 aliphatic carbocycles. The molecule has 2 nitrogen and oxygen atoms in total. The zero-order chi connectivity index (χ0) is 11.6. The largest absolute Gasteiger partial charge is 0.417 e. The van der Waals surface area contributed by atoms with Gasteiger partial charge in [0.15, 0.2) is 0 Å². The third-order valence-electron chi connectivity index (χ3n) is 1.42. The maximum absolute atomic E-state index is 12.2. The standard InChI is InChI=1S/C8H7ClF3NOS/c1-4(14)15-7-6(9)2-5(3-13-7)8(10,11)12/h2-4,14H,1H3. The average Bonchev–Trinajstić information content (AvgIpc) is 2.05. The van der Waals surface area contributed by atoms with E-state index in [1.165, 1.54) is 6.92 Å². The van der Waals surface area contributed by atoms with E-state index in [4.69, 9.17) is 16.7 Å². The molecular formula is C8H7ClF3NOS. The molecule has 1 heterocycles. The van der Waals surface area contributed by atoms with Crippen molar-refractivity contribution in [3.63, 3.8) is 0 Å². The van der Waals surface area contributed by atoms with E-state index in [0.29, 0.717) is 6.20 Å². The van der Waals surface area contributed by atoms with Crippen molar-refractivity contribution < 1.29 is 18.3 Å². The summed E-state index contributed by atoms with van der Waals surface area (Å²) in [7, 11) is 0. The fraction of sp³-hybridized carbons (Fsp3) is 0.375. The van der Waals surface area contributed by atoms with Crippen LogP contribution in [0.2, 0.25) is 5.02 Å². The van der Waals surface area contributed by atoms with Crippen molar-refractivity contribution in [3.8, 4) is 0 Å². The Kier molecular flexibility index (Phi) is 3.86. The average molecular weight is 258 g/mol. The Bertz CT molecular complexity index is 356. The molecule has 1 N–H and O–H groups in total. The monoisotopic (exact) mass is 257 g/mol. The second-order valence-electron chi connectivity index (χ2n) is 2.73. The van der Waals surface area contributed by atoms with Gasteiger partial charge in [0.25, 0.3) is 0 Å². The van der Waals surface area contributed by atoms with E-state index >= 15 is 0 Å². The topological polar surface area (TPSA) is 33.1 Å². The van der Waals surface area contributed by atoms with Crippen molar-refractivity contribution in [1.82, 2.24) is 4.98 Å². The summed E-state index contributed by atoms with van der Waals surface area (Å²) in [5.74, 6) is 0. The Balaban J connectivity index is 2.98. The van der Waals surface area contributed by atoms with Gasteiger partial charge in [-0.15, -0.1) is 0 Å². The van der Waals surface area contributed by atoms with Gasteiger partial charge in [0, 0.05) is 6.20 Å². The maximum atomic E-state index is 12.2. The molecule has 0 amide bonds. The molecule has 0 aromatic carbocycles. The molecule has 0 aliphatic rings. The number of aliphatic hydroxyl groups is 1. The minimum Gasteiger partial charge on any atom is -0.382 e. The molecule has 15 heavy (non-hydrogen) atoms. The van der Waals surface area contributed by atoms with Crippen molar-refractivity contribution in [1.29, 1.82) is 0 Å². The molecular weight excluding hydrogens is 251 g/mol. The summed E-state index contributed by atoms with van der Waals surface area (Å²) in [6, 6.07) is 0.791. The first-order valence-corrected chi connectivity index (χ1v) is 5.14. The molecule has 1 aromatic heterocycles. The maximum Gasteiger partial charge on any atom is 0.417 e. The van der Waals surface area contributed by atoms with Crippen molar-refractivity contribution >= 4 is 23.4 Å². The highest BCUT2D eigenvalue weighted by Crippen LogP contribution is 2.34. The van der Waals surface area contributed by atoms with Gasteiger partial charge in [0.2, 0.25) is 0 Å². The molecule has 0 aliphatic heterocycles. The van der Waals surface area contributed by atoms with Gasteiger partial charge < -0.3 is 5.11 Å². The lowest BCUT2D eigenvalue weighted by Gasteiger charge is -2.09. The van der Waals surface area contributed by atoms with Gasteiger partial charge in [-0.25, -0.2) is 4.98 Å². The smallest absolute Gasteiger partial charge is 0.382 e. The SMILES string of the molecule is CC(O)Sc1ncc(C(F)(F)F)cc1Cl. The fourth-order valence-corrected chi connectivity index (χ4v) is 1.74. The number of hydrogen-bond acceptors (Lipinski definition) is 3. The quantitative estimate of drug-likeness (QED) is 0.652. The van der Waals surface area contributed by atoms with E-state index < -0.39 is 17.2 Å². The zero-order valence-corrected chi connectivity index (χ0v) is 9.12. The third kappa shape index (κ3) is 3.55. The molecule has 1 aromatic rings. The summed E-state index contributed by atoms with van der Waals surface area (Å²) >= 11 is 6.47. The number of hydrogen-bond donors (Lipinski definition) is 1. The van der Waals surface area contributed by atoms with Gasteiger partial charge >= 0.3 is 6.18 Å². The summed E-state index contributed by atoms with van der Waals surface area (Å²) in [6.07, 6.45) is -3.76. The van der Waals surface area contributed by atoms with Crippen LogP contribution in [0, 0.1) is 0 Å². The summed E-state index contributed by atoms with van der Waals surface area (Å²) in [5, 5.41) is 9.07. The number of nitrogens with zero attached hydrogens (tertiary/aromatic N) is 1. The summed E-state index contributed by atoms with van der Waals surface area (Å²) in [5.41, 5.74) is -1.67. The van der Waals surface area contributed by atoms with Crippen LogP contribution in [0.1, 0.15) is 12.5 Å².